The maximum Gasteiger partial charge on any atom is 0.379 e. The van der Waals surface area contributed by atoms with Crippen molar-refractivity contribution in [3.05, 3.63) is 29.8 Å². The van der Waals surface area contributed by atoms with Crippen molar-refractivity contribution in [3.63, 3.8) is 0 Å². The van der Waals surface area contributed by atoms with Crippen molar-refractivity contribution >= 4 is 17.5 Å². The van der Waals surface area contributed by atoms with Crippen LogP contribution >= 0.6 is 0 Å². The molecule has 6 heteroatoms. The summed E-state index contributed by atoms with van der Waals surface area (Å²) in [6.45, 7) is 2.22. The first-order valence-electron chi connectivity index (χ1n) is 7.48. The van der Waals surface area contributed by atoms with Crippen molar-refractivity contribution < 1.29 is 28.9 Å². The Labute approximate surface area is 134 Å². The molecule has 0 aromatic heterocycles. The molecule has 0 aliphatic heterocycles. The Morgan fingerprint density at radius 2 is 2.00 bits per heavy atom. The lowest BCUT2D eigenvalue weighted by Crippen LogP contribution is -2.15. The number of ketones is 1. The van der Waals surface area contributed by atoms with E-state index in [0.29, 0.717) is 24.0 Å². The van der Waals surface area contributed by atoms with Crippen LogP contribution in [0, 0.1) is 5.92 Å². The van der Waals surface area contributed by atoms with E-state index < -0.39 is 17.5 Å². The number of hydrogen-bond donors (Lipinski definition) is 1. The lowest BCUT2D eigenvalue weighted by Gasteiger charge is -2.14. The van der Waals surface area contributed by atoms with Gasteiger partial charge >= 0.3 is 5.97 Å². The van der Waals surface area contributed by atoms with Gasteiger partial charge in [0, 0.05) is 6.08 Å². The SMILES string of the molecule is CCOC(=O)C(=O)/C=C(\O)c1c(OC)cccc1OCC1CC1. The fraction of sp³-hybridized carbons (Fsp3) is 0.412. The number of rotatable bonds is 8. The molecular weight excluding hydrogens is 300 g/mol. The molecule has 124 valence electrons. The van der Waals surface area contributed by atoms with Crippen molar-refractivity contribution in [2.45, 2.75) is 19.8 Å². The molecule has 1 aliphatic rings. The molecule has 1 aromatic carbocycles. The summed E-state index contributed by atoms with van der Waals surface area (Å²) in [6.07, 6.45) is 3.07. The predicted octanol–water partition coefficient (Wildman–Crippen LogP) is 2.52. The van der Waals surface area contributed by atoms with E-state index in [0.717, 1.165) is 18.9 Å². The molecular formula is C17H20O6. The zero-order valence-electron chi connectivity index (χ0n) is 13.2. The molecule has 1 aliphatic carbocycles. The van der Waals surface area contributed by atoms with E-state index in [2.05, 4.69) is 4.74 Å². The van der Waals surface area contributed by atoms with Crippen LogP contribution in [0.3, 0.4) is 0 Å². The van der Waals surface area contributed by atoms with Crippen LogP contribution in [0.2, 0.25) is 0 Å². The Balaban J connectivity index is 2.26. The van der Waals surface area contributed by atoms with E-state index in [1.807, 2.05) is 0 Å². The van der Waals surface area contributed by atoms with Crippen LogP contribution in [0.4, 0.5) is 0 Å². The number of ether oxygens (including phenoxy) is 3. The highest BCUT2D eigenvalue weighted by molar-refractivity contribution is 6.39. The van der Waals surface area contributed by atoms with Crippen molar-refractivity contribution in [2.75, 3.05) is 20.3 Å². The molecule has 0 spiro atoms. The summed E-state index contributed by atoms with van der Waals surface area (Å²) in [5.41, 5.74) is 0.244. The molecule has 0 amide bonds. The maximum absolute atomic E-state index is 11.7. The number of hydrogen-bond acceptors (Lipinski definition) is 6. The van der Waals surface area contributed by atoms with Gasteiger partial charge in [0.05, 0.1) is 20.3 Å². The summed E-state index contributed by atoms with van der Waals surface area (Å²) >= 11 is 0. The highest BCUT2D eigenvalue weighted by Gasteiger charge is 2.24. The van der Waals surface area contributed by atoms with Crippen molar-refractivity contribution in [3.8, 4) is 11.5 Å². The molecule has 2 rings (SSSR count). The first-order chi connectivity index (χ1) is 11.1. The highest BCUT2D eigenvalue weighted by Crippen LogP contribution is 2.36. The number of carbonyl (C=O) groups excluding carboxylic acids is 2. The van der Waals surface area contributed by atoms with Gasteiger partial charge < -0.3 is 19.3 Å². The standard InChI is InChI=1S/C17H20O6/c1-3-22-17(20)13(19)9-12(18)16-14(21-2)5-4-6-15(16)23-10-11-7-8-11/h4-6,9,11,18H,3,7-8,10H2,1-2H3/b12-9-. The van der Waals surface area contributed by atoms with Crippen molar-refractivity contribution in [1.29, 1.82) is 0 Å². The summed E-state index contributed by atoms with van der Waals surface area (Å²) < 4.78 is 15.5. The second-order valence-electron chi connectivity index (χ2n) is 5.20. The van der Waals surface area contributed by atoms with Gasteiger partial charge in [-0.1, -0.05) is 6.07 Å². The minimum Gasteiger partial charge on any atom is -0.507 e. The highest BCUT2D eigenvalue weighted by atomic mass is 16.5. The molecule has 0 unspecified atom stereocenters. The fourth-order valence-electron chi connectivity index (χ4n) is 2.00. The van der Waals surface area contributed by atoms with Crippen LogP contribution in [-0.4, -0.2) is 37.2 Å². The number of carbonyl (C=O) groups is 2. The topological polar surface area (TPSA) is 82.1 Å². The van der Waals surface area contributed by atoms with Gasteiger partial charge in [0.15, 0.2) is 0 Å². The molecule has 1 saturated carbocycles. The largest absolute Gasteiger partial charge is 0.507 e. The Kier molecular flexibility index (Phi) is 5.62. The smallest absolute Gasteiger partial charge is 0.379 e. The van der Waals surface area contributed by atoms with Crippen molar-refractivity contribution in [1.82, 2.24) is 0 Å². The van der Waals surface area contributed by atoms with Gasteiger partial charge in [-0.2, -0.15) is 0 Å². The molecule has 0 bridgehead atoms. The van der Waals surface area contributed by atoms with E-state index in [1.54, 1.807) is 25.1 Å². The van der Waals surface area contributed by atoms with E-state index in [9.17, 15) is 14.7 Å². The second kappa shape index (κ2) is 7.67. The fourth-order valence-corrected chi connectivity index (χ4v) is 2.00. The summed E-state index contributed by atoms with van der Waals surface area (Å²) in [5.74, 6) is -1.07. The van der Waals surface area contributed by atoms with Gasteiger partial charge in [-0.15, -0.1) is 0 Å². The minimum absolute atomic E-state index is 0.0869. The Bertz CT molecular complexity index is 616. The monoisotopic (exact) mass is 320 g/mol. The zero-order chi connectivity index (χ0) is 16.8. The Morgan fingerprint density at radius 3 is 2.61 bits per heavy atom. The maximum atomic E-state index is 11.7. The van der Waals surface area contributed by atoms with Gasteiger partial charge in [-0.25, -0.2) is 4.79 Å². The number of benzene rings is 1. The lowest BCUT2D eigenvalue weighted by molar-refractivity contribution is -0.151. The zero-order valence-corrected chi connectivity index (χ0v) is 13.2. The minimum atomic E-state index is -1.02. The molecule has 6 nitrogen and oxygen atoms in total. The first kappa shape index (κ1) is 16.9. The van der Waals surface area contributed by atoms with Gasteiger partial charge in [0.2, 0.25) is 0 Å². The van der Waals surface area contributed by atoms with Crippen LogP contribution in [0.1, 0.15) is 25.3 Å². The van der Waals surface area contributed by atoms with E-state index in [-0.39, 0.29) is 12.2 Å². The third-order valence-corrected chi connectivity index (χ3v) is 3.38. The average Bonchev–Trinajstić information content (AvgIpc) is 3.36. The van der Waals surface area contributed by atoms with Crippen LogP contribution in [0.5, 0.6) is 11.5 Å². The first-order valence-corrected chi connectivity index (χ1v) is 7.48. The number of aliphatic hydroxyl groups excluding tert-OH is 1. The number of aliphatic hydroxyl groups is 1. The quantitative estimate of drug-likeness (QED) is 0.343. The summed E-state index contributed by atoms with van der Waals surface area (Å²) in [6, 6.07) is 5.04. The van der Waals surface area contributed by atoms with E-state index in [4.69, 9.17) is 9.47 Å². The molecule has 0 radical (unpaired) electrons. The summed E-state index contributed by atoms with van der Waals surface area (Å²) in [5, 5.41) is 10.3. The van der Waals surface area contributed by atoms with Crippen LogP contribution < -0.4 is 9.47 Å². The number of methoxy groups -OCH3 is 1. The normalized spacial score (nSPS) is 14.3. The van der Waals surface area contributed by atoms with Gasteiger partial charge in [-0.05, 0) is 37.8 Å². The Hall–Kier alpha value is -2.50. The second-order valence-corrected chi connectivity index (χ2v) is 5.20. The van der Waals surface area contributed by atoms with E-state index in [1.165, 1.54) is 7.11 Å². The Morgan fingerprint density at radius 1 is 1.30 bits per heavy atom. The molecule has 1 aromatic rings. The molecule has 0 saturated heterocycles. The van der Waals surface area contributed by atoms with E-state index >= 15 is 0 Å². The summed E-state index contributed by atoms with van der Waals surface area (Å²) in [7, 11) is 1.45. The van der Waals surface area contributed by atoms with Gasteiger partial charge in [-0.3, -0.25) is 4.79 Å². The lowest BCUT2D eigenvalue weighted by atomic mass is 10.1. The molecule has 0 atom stereocenters. The number of esters is 1. The average molecular weight is 320 g/mol. The van der Waals surface area contributed by atoms with Crippen molar-refractivity contribution in [2.24, 2.45) is 5.92 Å². The van der Waals surface area contributed by atoms with Gasteiger partial charge in [0.1, 0.15) is 22.8 Å². The van der Waals surface area contributed by atoms with Crippen LogP contribution in [0.15, 0.2) is 24.3 Å². The third kappa shape index (κ3) is 4.48. The van der Waals surface area contributed by atoms with Crippen LogP contribution in [0.25, 0.3) is 5.76 Å². The molecule has 0 heterocycles. The third-order valence-electron chi connectivity index (χ3n) is 3.38. The predicted molar refractivity (Wildman–Crippen MR) is 83.5 cm³/mol. The molecule has 1 N–H and O–H groups in total. The van der Waals surface area contributed by atoms with Gasteiger partial charge in [0.25, 0.3) is 5.78 Å². The summed E-state index contributed by atoms with van der Waals surface area (Å²) in [4.78, 5) is 23.1. The molecule has 23 heavy (non-hydrogen) atoms. The molecule has 1 fully saturated rings. The van der Waals surface area contributed by atoms with Crippen LogP contribution in [-0.2, 0) is 14.3 Å².